The van der Waals surface area contributed by atoms with E-state index in [9.17, 15) is 14.7 Å². The number of amides is 3. The van der Waals surface area contributed by atoms with E-state index < -0.39 is 12.1 Å². The Morgan fingerprint density at radius 1 is 1.07 bits per heavy atom. The van der Waals surface area contributed by atoms with Gasteiger partial charge in [-0.15, -0.1) is 0 Å². The van der Waals surface area contributed by atoms with Crippen molar-refractivity contribution in [1.82, 2.24) is 10.2 Å². The van der Waals surface area contributed by atoms with Crippen molar-refractivity contribution >= 4 is 17.6 Å². The molecular weight excluding hydrogens is 366 g/mol. The van der Waals surface area contributed by atoms with Gasteiger partial charge in [-0.05, 0) is 61.6 Å². The van der Waals surface area contributed by atoms with Gasteiger partial charge >= 0.3 is 6.03 Å². The molecule has 0 saturated carbocycles. The van der Waals surface area contributed by atoms with Crippen LogP contribution in [0.5, 0.6) is 0 Å². The minimum atomic E-state index is -0.635. The van der Waals surface area contributed by atoms with E-state index in [1.807, 2.05) is 29.2 Å². The number of hydrogen-bond donors (Lipinski definition) is 3. The summed E-state index contributed by atoms with van der Waals surface area (Å²) in [6.45, 7) is 2.89. The molecule has 3 amide bonds. The van der Waals surface area contributed by atoms with Gasteiger partial charge in [0.05, 0.1) is 12.1 Å². The smallest absolute Gasteiger partial charge is 0.319 e. The molecule has 1 saturated heterocycles. The lowest BCUT2D eigenvalue weighted by molar-refractivity contribution is 0.0635. The van der Waals surface area contributed by atoms with Crippen LogP contribution in [0.2, 0.25) is 0 Å². The second kappa shape index (κ2) is 8.25. The number of anilines is 1. The first-order chi connectivity index (χ1) is 14.0. The number of carbonyl (C=O) groups is 2. The van der Waals surface area contributed by atoms with Crippen LogP contribution in [0.25, 0.3) is 0 Å². The molecule has 1 aliphatic heterocycles. The van der Waals surface area contributed by atoms with Crippen LogP contribution in [0, 0.1) is 0 Å². The second-order valence-corrected chi connectivity index (χ2v) is 7.97. The second-order valence-electron chi connectivity index (χ2n) is 7.97. The van der Waals surface area contributed by atoms with E-state index in [4.69, 9.17) is 0 Å². The number of likely N-dealkylation sites (tertiary alicyclic amines) is 1. The fourth-order valence-corrected chi connectivity index (χ4v) is 4.32. The van der Waals surface area contributed by atoms with Crippen LogP contribution in [-0.2, 0) is 6.42 Å². The van der Waals surface area contributed by atoms with E-state index in [-0.39, 0.29) is 18.0 Å². The summed E-state index contributed by atoms with van der Waals surface area (Å²) in [5, 5.41) is 15.9. The summed E-state index contributed by atoms with van der Waals surface area (Å²) >= 11 is 0. The van der Waals surface area contributed by atoms with Crippen LogP contribution in [0.15, 0.2) is 48.5 Å². The predicted octanol–water partition coefficient (Wildman–Crippen LogP) is 3.48. The highest BCUT2D eigenvalue weighted by atomic mass is 16.3. The Kier molecular flexibility index (Phi) is 5.53. The van der Waals surface area contributed by atoms with Crippen molar-refractivity contribution in [2.45, 2.75) is 50.8 Å². The Hall–Kier alpha value is -2.86. The number of piperidine rings is 1. The van der Waals surface area contributed by atoms with Crippen LogP contribution in [0.3, 0.4) is 0 Å². The lowest BCUT2D eigenvalue weighted by Crippen LogP contribution is -2.42. The van der Waals surface area contributed by atoms with Crippen LogP contribution in [0.4, 0.5) is 10.5 Å². The summed E-state index contributed by atoms with van der Waals surface area (Å²) in [4.78, 5) is 27.1. The quantitative estimate of drug-likeness (QED) is 0.747. The standard InChI is InChI=1S/C23H27N3O3/c1-15-6-4-5-13-26(15)22(28)16-9-11-18(12-10-16)24-23(29)25-21-19-8-3-2-7-17(19)14-20(21)27/h2-3,7-12,15,20-21,27H,4-6,13-14H2,1H3,(H2,24,25,29)/t15?,20-,21+/m0/s1. The highest BCUT2D eigenvalue weighted by molar-refractivity contribution is 5.96. The molecule has 1 unspecified atom stereocenters. The van der Waals surface area contributed by atoms with Crippen molar-refractivity contribution in [3.63, 3.8) is 0 Å². The van der Waals surface area contributed by atoms with E-state index in [1.54, 1.807) is 24.3 Å². The van der Waals surface area contributed by atoms with E-state index in [2.05, 4.69) is 17.6 Å². The van der Waals surface area contributed by atoms with Gasteiger partial charge in [-0.3, -0.25) is 4.79 Å². The minimum Gasteiger partial charge on any atom is -0.390 e. The number of nitrogens with zero attached hydrogens (tertiary/aromatic N) is 1. The molecule has 1 heterocycles. The number of carbonyl (C=O) groups excluding carboxylic acids is 2. The highest BCUT2D eigenvalue weighted by Crippen LogP contribution is 2.31. The van der Waals surface area contributed by atoms with Crippen LogP contribution in [-0.4, -0.2) is 40.6 Å². The fourth-order valence-electron chi connectivity index (χ4n) is 4.32. The van der Waals surface area contributed by atoms with Crippen molar-refractivity contribution in [2.75, 3.05) is 11.9 Å². The molecule has 0 spiro atoms. The number of hydrogen-bond acceptors (Lipinski definition) is 3. The summed E-state index contributed by atoms with van der Waals surface area (Å²) in [7, 11) is 0. The number of nitrogens with one attached hydrogen (secondary N) is 2. The Bertz CT molecular complexity index is 896. The predicted molar refractivity (Wildman–Crippen MR) is 112 cm³/mol. The summed E-state index contributed by atoms with van der Waals surface area (Å²) < 4.78 is 0. The summed E-state index contributed by atoms with van der Waals surface area (Å²) in [5.41, 5.74) is 3.24. The average Bonchev–Trinajstić information content (AvgIpc) is 3.03. The molecule has 2 aromatic rings. The number of urea groups is 1. The van der Waals surface area contributed by atoms with Gasteiger partial charge < -0.3 is 20.6 Å². The molecule has 1 aliphatic carbocycles. The van der Waals surface area contributed by atoms with Crippen molar-refractivity contribution in [3.8, 4) is 0 Å². The number of aliphatic hydroxyl groups is 1. The van der Waals surface area contributed by atoms with Crippen molar-refractivity contribution in [3.05, 3.63) is 65.2 Å². The average molecular weight is 393 g/mol. The molecule has 6 nitrogen and oxygen atoms in total. The Morgan fingerprint density at radius 3 is 2.59 bits per heavy atom. The van der Waals surface area contributed by atoms with Gasteiger partial charge in [0.15, 0.2) is 0 Å². The Morgan fingerprint density at radius 2 is 1.83 bits per heavy atom. The number of benzene rings is 2. The fraction of sp³-hybridized carbons (Fsp3) is 0.391. The molecule has 3 N–H and O–H groups in total. The third-order valence-electron chi connectivity index (χ3n) is 5.94. The molecular formula is C23H27N3O3. The Labute approximate surface area is 170 Å². The molecule has 3 atom stereocenters. The van der Waals surface area contributed by atoms with Crippen LogP contribution < -0.4 is 10.6 Å². The normalized spacial score (nSPS) is 23.4. The maximum absolute atomic E-state index is 12.7. The van der Waals surface area contributed by atoms with Gasteiger partial charge in [-0.25, -0.2) is 4.79 Å². The number of rotatable bonds is 3. The zero-order chi connectivity index (χ0) is 20.4. The third-order valence-corrected chi connectivity index (χ3v) is 5.94. The van der Waals surface area contributed by atoms with E-state index >= 15 is 0 Å². The number of fused-ring (bicyclic) bond motifs is 1. The largest absolute Gasteiger partial charge is 0.390 e. The van der Waals surface area contributed by atoms with E-state index in [1.165, 1.54) is 6.42 Å². The van der Waals surface area contributed by atoms with Gasteiger partial charge in [0.2, 0.25) is 0 Å². The summed E-state index contributed by atoms with van der Waals surface area (Å²) in [6, 6.07) is 14.2. The first-order valence-corrected chi connectivity index (χ1v) is 10.3. The highest BCUT2D eigenvalue weighted by Gasteiger charge is 2.32. The molecule has 2 aliphatic rings. The maximum atomic E-state index is 12.7. The Balaban J connectivity index is 1.37. The lowest BCUT2D eigenvalue weighted by Gasteiger charge is -2.33. The van der Waals surface area contributed by atoms with E-state index in [0.717, 1.165) is 30.5 Å². The van der Waals surface area contributed by atoms with Gasteiger partial charge in [0, 0.05) is 30.3 Å². The molecule has 152 valence electrons. The molecule has 0 bridgehead atoms. The third kappa shape index (κ3) is 4.12. The minimum absolute atomic E-state index is 0.0406. The first kappa shape index (κ1) is 19.5. The van der Waals surface area contributed by atoms with Crippen molar-refractivity contribution < 1.29 is 14.7 Å². The van der Waals surface area contributed by atoms with Gasteiger partial charge in [0.1, 0.15) is 0 Å². The molecule has 0 radical (unpaired) electrons. The molecule has 1 fully saturated rings. The summed E-state index contributed by atoms with van der Waals surface area (Å²) in [6.07, 6.45) is 3.16. The summed E-state index contributed by atoms with van der Waals surface area (Å²) in [5.74, 6) is 0.0406. The van der Waals surface area contributed by atoms with Gasteiger partial charge in [-0.2, -0.15) is 0 Å². The number of aliphatic hydroxyl groups excluding tert-OH is 1. The van der Waals surface area contributed by atoms with Gasteiger partial charge in [-0.1, -0.05) is 24.3 Å². The molecule has 29 heavy (non-hydrogen) atoms. The zero-order valence-electron chi connectivity index (χ0n) is 16.6. The van der Waals surface area contributed by atoms with Crippen LogP contribution in [0.1, 0.15) is 53.7 Å². The molecule has 6 heteroatoms. The van der Waals surface area contributed by atoms with Crippen molar-refractivity contribution in [2.24, 2.45) is 0 Å². The molecule has 0 aromatic heterocycles. The SMILES string of the molecule is CC1CCCCN1C(=O)c1ccc(NC(=O)N[C@@H]2c3ccccc3C[C@@H]2O)cc1. The first-order valence-electron chi connectivity index (χ1n) is 10.3. The lowest BCUT2D eigenvalue weighted by atomic mass is 10.0. The zero-order valence-corrected chi connectivity index (χ0v) is 16.6. The van der Waals surface area contributed by atoms with E-state index in [0.29, 0.717) is 17.7 Å². The monoisotopic (exact) mass is 393 g/mol. The molecule has 2 aromatic carbocycles. The van der Waals surface area contributed by atoms with Crippen molar-refractivity contribution in [1.29, 1.82) is 0 Å². The maximum Gasteiger partial charge on any atom is 0.319 e. The van der Waals surface area contributed by atoms with Gasteiger partial charge in [0.25, 0.3) is 5.91 Å². The topological polar surface area (TPSA) is 81.7 Å². The molecule has 4 rings (SSSR count). The van der Waals surface area contributed by atoms with Crippen LogP contribution >= 0.6 is 0 Å².